The molecule has 1 unspecified atom stereocenters. The lowest BCUT2D eigenvalue weighted by atomic mass is 10.0. The third-order valence-electron chi connectivity index (χ3n) is 5.13. The predicted molar refractivity (Wildman–Crippen MR) is 91.7 cm³/mol. The number of nitrogens with zero attached hydrogens (tertiary/aromatic N) is 2. The van der Waals surface area contributed by atoms with Gasteiger partial charge in [-0.15, -0.1) is 0 Å². The summed E-state index contributed by atoms with van der Waals surface area (Å²) in [5.74, 6) is -1.94. The minimum Gasteiger partial charge on any atom is -0.488 e. The second kappa shape index (κ2) is 6.63. The SMILES string of the molecule is O=C1CCC(N2C(=O)c3ccc(O[C@@H]4CCN(C(=O)O)C4)cc3C2=O)C(=O)N1. The van der Waals surface area contributed by atoms with Gasteiger partial charge in [-0.05, 0) is 24.6 Å². The van der Waals surface area contributed by atoms with Gasteiger partial charge in [-0.3, -0.25) is 29.4 Å². The molecule has 3 aliphatic rings. The van der Waals surface area contributed by atoms with E-state index in [0.29, 0.717) is 18.7 Å². The first-order valence-corrected chi connectivity index (χ1v) is 8.85. The van der Waals surface area contributed by atoms with Crippen LogP contribution >= 0.6 is 0 Å². The van der Waals surface area contributed by atoms with Crippen molar-refractivity contribution < 1.29 is 33.8 Å². The number of likely N-dealkylation sites (tertiary alicyclic amines) is 1. The number of rotatable bonds is 3. The lowest BCUT2D eigenvalue weighted by Crippen LogP contribution is -2.54. The molecule has 2 fully saturated rings. The van der Waals surface area contributed by atoms with Crippen molar-refractivity contribution in [2.45, 2.75) is 31.4 Å². The molecule has 10 nitrogen and oxygen atoms in total. The normalized spacial score (nSPS) is 24.4. The van der Waals surface area contributed by atoms with E-state index in [2.05, 4.69) is 5.32 Å². The standard InChI is InChI=1S/C18H17N3O7/c22-14-4-3-13(15(23)19-14)21-16(24)11-2-1-9(7-12(11)17(21)25)28-10-5-6-20(8-10)18(26)27/h1-2,7,10,13H,3-6,8H2,(H,26,27)(H,19,22,23)/t10-,13?/m1/s1. The number of hydrogen-bond acceptors (Lipinski definition) is 6. The van der Waals surface area contributed by atoms with Gasteiger partial charge in [0.25, 0.3) is 11.8 Å². The molecule has 2 N–H and O–H groups in total. The molecule has 5 amide bonds. The summed E-state index contributed by atoms with van der Waals surface area (Å²) in [5.41, 5.74) is 0.293. The van der Waals surface area contributed by atoms with Crippen LogP contribution in [-0.4, -0.2) is 69.9 Å². The van der Waals surface area contributed by atoms with E-state index < -0.39 is 35.8 Å². The van der Waals surface area contributed by atoms with Crippen LogP contribution in [0.3, 0.4) is 0 Å². The largest absolute Gasteiger partial charge is 0.488 e. The highest BCUT2D eigenvalue weighted by Crippen LogP contribution is 2.31. The fraction of sp³-hybridized carbons (Fsp3) is 0.389. The van der Waals surface area contributed by atoms with Crippen LogP contribution in [0.15, 0.2) is 18.2 Å². The molecule has 1 aromatic rings. The molecule has 10 heteroatoms. The lowest BCUT2D eigenvalue weighted by Gasteiger charge is -2.27. The highest BCUT2D eigenvalue weighted by Gasteiger charge is 2.44. The molecular weight excluding hydrogens is 370 g/mol. The highest BCUT2D eigenvalue weighted by atomic mass is 16.5. The Labute approximate surface area is 159 Å². The Morgan fingerprint density at radius 1 is 1.11 bits per heavy atom. The van der Waals surface area contributed by atoms with Gasteiger partial charge in [-0.1, -0.05) is 0 Å². The van der Waals surface area contributed by atoms with Gasteiger partial charge < -0.3 is 14.7 Å². The summed E-state index contributed by atoms with van der Waals surface area (Å²) in [7, 11) is 0. The van der Waals surface area contributed by atoms with Crippen molar-refractivity contribution in [1.82, 2.24) is 15.1 Å². The first-order chi connectivity index (χ1) is 13.3. The van der Waals surface area contributed by atoms with E-state index >= 15 is 0 Å². The summed E-state index contributed by atoms with van der Waals surface area (Å²) in [6, 6.07) is 3.42. The van der Waals surface area contributed by atoms with Crippen LogP contribution in [0.4, 0.5) is 4.79 Å². The van der Waals surface area contributed by atoms with Crippen LogP contribution in [0, 0.1) is 0 Å². The van der Waals surface area contributed by atoms with E-state index in [4.69, 9.17) is 9.84 Å². The number of carbonyl (C=O) groups excluding carboxylic acids is 4. The molecule has 4 rings (SSSR count). The van der Waals surface area contributed by atoms with Gasteiger partial charge in [-0.25, -0.2) is 4.79 Å². The van der Waals surface area contributed by atoms with Crippen molar-refractivity contribution in [2.75, 3.05) is 13.1 Å². The second-order valence-corrected chi connectivity index (χ2v) is 6.91. The molecule has 2 saturated heterocycles. The number of carbonyl (C=O) groups is 5. The van der Waals surface area contributed by atoms with Gasteiger partial charge in [0, 0.05) is 19.4 Å². The zero-order chi connectivity index (χ0) is 20.0. The zero-order valence-corrected chi connectivity index (χ0v) is 14.7. The van der Waals surface area contributed by atoms with Gasteiger partial charge >= 0.3 is 6.09 Å². The summed E-state index contributed by atoms with van der Waals surface area (Å²) < 4.78 is 5.77. The van der Waals surface area contributed by atoms with E-state index in [-0.39, 0.29) is 36.6 Å². The third kappa shape index (κ3) is 2.96. The molecular formula is C18H17N3O7. The Balaban J connectivity index is 1.52. The van der Waals surface area contributed by atoms with Crippen LogP contribution in [-0.2, 0) is 9.59 Å². The maximum atomic E-state index is 12.8. The van der Waals surface area contributed by atoms with Crippen molar-refractivity contribution in [3.8, 4) is 5.75 Å². The average Bonchev–Trinajstić information content (AvgIpc) is 3.20. The quantitative estimate of drug-likeness (QED) is 0.709. The number of carboxylic acid groups (broad SMARTS) is 1. The lowest BCUT2D eigenvalue weighted by molar-refractivity contribution is -0.136. The minimum atomic E-state index is -1.02. The summed E-state index contributed by atoms with van der Waals surface area (Å²) in [6.45, 7) is 0.591. The molecule has 0 aliphatic carbocycles. The predicted octanol–water partition coefficient (Wildman–Crippen LogP) is 0.219. The van der Waals surface area contributed by atoms with Crippen LogP contribution in [0.25, 0.3) is 0 Å². The fourth-order valence-corrected chi connectivity index (χ4v) is 3.71. The van der Waals surface area contributed by atoms with Crippen molar-refractivity contribution in [3.05, 3.63) is 29.3 Å². The Bertz CT molecular complexity index is 912. The van der Waals surface area contributed by atoms with Crippen LogP contribution < -0.4 is 10.1 Å². The van der Waals surface area contributed by atoms with E-state index in [9.17, 15) is 24.0 Å². The van der Waals surface area contributed by atoms with E-state index in [1.165, 1.54) is 17.0 Å². The number of imide groups is 2. The number of piperidine rings is 1. The first kappa shape index (κ1) is 18.0. The molecule has 146 valence electrons. The summed E-state index contributed by atoms with van der Waals surface area (Å²) >= 11 is 0. The Hall–Kier alpha value is -3.43. The number of amides is 5. The topological polar surface area (TPSA) is 133 Å². The van der Waals surface area contributed by atoms with Crippen molar-refractivity contribution in [1.29, 1.82) is 0 Å². The Morgan fingerprint density at radius 3 is 2.54 bits per heavy atom. The van der Waals surface area contributed by atoms with Crippen LogP contribution in [0.1, 0.15) is 40.0 Å². The smallest absolute Gasteiger partial charge is 0.407 e. The van der Waals surface area contributed by atoms with E-state index in [0.717, 1.165) is 4.90 Å². The molecule has 0 aromatic heterocycles. The van der Waals surface area contributed by atoms with Gasteiger partial charge in [0.2, 0.25) is 11.8 Å². The number of benzene rings is 1. The molecule has 0 saturated carbocycles. The Morgan fingerprint density at radius 2 is 1.86 bits per heavy atom. The molecule has 0 bridgehead atoms. The maximum absolute atomic E-state index is 12.8. The van der Waals surface area contributed by atoms with Crippen molar-refractivity contribution >= 4 is 29.7 Å². The number of hydrogen-bond donors (Lipinski definition) is 2. The van der Waals surface area contributed by atoms with Crippen molar-refractivity contribution in [3.63, 3.8) is 0 Å². The molecule has 0 spiro atoms. The van der Waals surface area contributed by atoms with E-state index in [1.807, 2.05) is 0 Å². The highest BCUT2D eigenvalue weighted by molar-refractivity contribution is 6.23. The molecule has 28 heavy (non-hydrogen) atoms. The number of ether oxygens (including phenoxy) is 1. The molecule has 2 atom stereocenters. The molecule has 1 aromatic carbocycles. The Kier molecular flexibility index (Phi) is 4.25. The number of fused-ring (bicyclic) bond motifs is 1. The molecule has 3 aliphatic heterocycles. The van der Waals surface area contributed by atoms with Gasteiger partial charge in [-0.2, -0.15) is 0 Å². The minimum absolute atomic E-state index is 0.0555. The second-order valence-electron chi connectivity index (χ2n) is 6.91. The summed E-state index contributed by atoms with van der Waals surface area (Å²) in [4.78, 5) is 61.9. The van der Waals surface area contributed by atoms with Crippen LogP contribution in [0.2, 0.25) is 0 Å². The maximum Gasteiger partial charge on any atom is 0.407 e. The zero-order valence-electron chi connectivity index (χ0n) is 14.7. The summed E-state index contributed by atoms with van der Waals surface area (Å²) in [6.07, 6.45) is -0.682. The van der Waals surface area contributed by atoms with Crippen LogP contribution in [0.5, 0.6) is 5.75 Å². The van der Waals surface area contributed by atoms with Gasteiger partial charge in [0.1, 0.15) is 17.9 Å². The van der Waals surface area contributed by atoms with Gasteiger partial charge in [0.05, 0.1) is 17.7 Å². The van der Waals surface area contributed by atoms with E-state index in [1.54, 1.807) is 6.07 Å². The van der Waals surface area contributed by atoms with Crippen molar-refractivity contribution in [2.24, 2.45) is 0 Å². The monoisotopic (exact) mass is 387 g/mol. The molecule has 3 heterocycles. The fourth-order valence-electron chi connectivity index (χ4n) is 3.71. The summed E-state index contributed by atoms with van der Waals surface area (Å²) in [5, 5.41) is 11.2. The average molecular weight is 387 g/mol. The molecule has 0 radical (unpaired) electrons. The first-order valence-electron chi connectivity index (χ1n) is 8.85. The number of nitrogens with one attached hydrogen (secondary N) is 1. The van der Waals surface area contributed by atoms with Gasteiger partial charge in [0.15, 0.2) is 0 Å². The third-order valence-corrected chi connectivity index (χ3v) is 5.13.